The molecule has 0 unspecified atom stereocenters. The third-order valence-electron chi connectivity index (χ3n) is 2.29. The molecule has 1 aromatic heterocycles. The van der Waals surface area contributed by atoms with Crippen molar-refractivity contribution in [1.29, 1.82) is 0 Å². The number of nitrogens with zero attached hydrogens (tertiary/aromatic N) is 1. The minimum atomic E-state index is -0.170. The van der Waals surface area contributed by atoms with Crippen molar-refractivity contribution in [1.82, 2.24) is 4.57 Å². The van der Waals surface area contributed by atoms with Crippen LogP contribution in [0.4, 0.5) is 0 Å². The van der Waals surface area contributed by atoms with Gasteiger partial charge in [0.25, 0.3) is 0 Å². The lowest BCUT2D eigenvalue weighted by atomic mass is 10.1. The Labute approximate surface area is 60.1 Å². The third-order valence-corrected chi connectivity index (χ3v) is 2.29. The molecule has 2 atom stereocenters. The first-order valence-electron chi connectivity index (χ1n) is 3.62. The lowest BCUT2D eigenvalue weighted by Crippen LogP contribution is -2.10. The molecule has 1 aromatic rings. The van der Waals surface area contributed by atoms with Crippen LogP contribution in [-0.2, 0) is 6.54 Å². The van der Waals surface area contributed by atoms with E-state index in [-0.39, 0.29) is 6.10 Å². The number of aromatic nitrogens is 1. The Bertz CT molecular complexity index is 241. The van der Waals surface area contributed by atoms with Gasteiger partial charge in [0.05, 0.1) is 6.10 Å². The van der Waals surface area contributed by atoms with Gasteiger partial charge in [-0.25, -0.2) is 0 Å². The van der Waals surface area contributed by atoms with Gasteiger partial charge in [-0.2, -0.15) is 0 Å². The van der Waals surface area contributed by atoms with Crippen molar-refractivity contribution >= 4 is 0 Å². The summed E-state index contributed by atoms with van der Waals surface area (Å²) < 4.78 is 2.11. The standard InChI is InChI=1S/C8H11NO/c1-6-7-3-2-4-9(7)5-8(6)10/h2-4,6,8,10H,5H2,1H3/t6-,8-/m1/s1. The molecule has 0 spiro atoms. The van der Waals surface area contributed by atoms with E-state index in [1.165, 1.54) is 5.69 Å². The summed E-state index contributed by atoms with van der Waals surface area (Å²) in [7, 11) is 0. The lowest BCUT2D eigenvalue weighted by molar-refractivity contribution is 0.153. The topological polar surface area (TPSA) is 25.2 Å². The van der Waals surface area contributed by atoms with Crippen molar-refractivity contribution in [2.45, 2.75) is 25.5 Å². The van der Waals surface area contributed by atoms with E-state index >= 15 is 0 Å². The van der Waals surface area contributed by atoms with Crippen LogP contribution in [0.1, 0.15) is 18.5 Å². The average Bonchev–Trinajstić information content (AvgIpc) is 2.41. The Kier molecular flexibility index (Phi) is 1.11. The molecule has 0 amide bonds. The summed E-state index contributed by atoms with van der Waals surface area (Å²) >= 11 is 0. The number of hydrogen-bond donors (Lipinski definition) is 1. The number of fused-ring (bicyclic) bond motifs is 1. The normalized spacial score (nSPS) is 30.6. The number of rotatable bonds is 0. The van der Waals surface area contributed by atoms with E-state index in [1.807, 2.05) is 12.3 Å². The smallest absolute Gasteiger partial charge is 0.0799 e. The third kappa shape index (κ3) is 0.625. The van der Waals surface area contributed by atoms with Gasteiger partial charge in [0.1, 0.15) is 0 Å². The molecule has 2 heterocycles. The molecular formula is C8H11NO. The Morgan fingerprint density at radius 1 is 1.70 bits per heavy atom. The molecule has 0 saturated heterocycles. The van der Waals surface area contributed by atoms with Gasteiger partial charge < -0.3 is 9.67 Å². The zero-order valence-electron chi connectivity index (χ0n) is 5.99. The van der Waals surface area contributed by atoms with Gasteiger partial charge in [-0.15, -0.1) is 0 Å². The molecule has 10 heavy (non-hydrogen) atoms. The zero-order valence-corrected chi connectivity index (χ0v) is 5.99. The van der Waals surface area contributed by atoms with Crippen LogP contribution in [0.5, 0.6) is 0 Å². The average molecular weight is 137 g/mol. The molecule has 0 fully saturated rings. The maximum Gasteiger partial charge on any atom is 0.0799 e. The molecule has 2 rings (SSSR count). The fourth-order valence-corrected chi connectivity index (χ4v) is 1.56. The van der Waals surface area contributed by atoms with E-state index in [9.17, 15) is 5.11 Å². The predicted molar refractivity (Wildman–Crippen MR) is 38.9 cm³/mol. The van der Waals surface area contributed by atoms with Crippen molar-refractivity contribution in [3.05, 3.63) is 24.0 Å². The number of aliphatic hydroxyl groups is 1. The van der Waals surface area contributed by atoms with Crippen LogP contribution in [0.25, 0.3) is 0 Å². The van der Waals surface area contributed by atoms with Crippen molar-refractivity contribution in [2.75, 3.05) is 0 Å². The molecule has 0 saturated carbocycles. The van der Waals surface area contributed by atoms with Crippen molar-refractivity contribution in [3.8, 4) is 0 Å². The number of aliphatic hydroxyl groups excluding tert-OH is 1. The second-order valence-corrected chi connectivity index (χ2v) is 2.94. The van der Waals surface area contributed by atoms with Gasteiger partial charge in [0, 0.05) is 24.4 Å². The lowest BCUT2D eigenvalue weighted by Gasteiger charge is -2.04. The highest BCUT2D eigenvalue weighted by Gasteiger charge is 2.26. The maximum absolute atomic E-state index is 9.39. The SMILES string of the molecule is C[C@@H]1c2cccn2C[C@H]1O. The Morgan fingerprint density at radius 3 is 3.20 bits per heavy atom. The zero-order chi connectivity index (χ0) is 7.14. The first kappa shape index (κ1) is 5.98. The molecule has 54 valence electrons. The first-order valence-corrected chi connectivity index (χ1v) is 3.62. The van der Waals surface area contributed by atoms with Crippen LogP contribution < -0.4 is 0 Å². The summed E-state index contributed by atoms with van der Waals surface area (Å²) in [6.45, 7) is 2.83. The Hall–Kier alpha value is -0.760. The molecule has 2 heteroatoms. The highest BCUT2D eigenvalue weighted by Crippen LogP contribution is 2.27. The quantitative estimate of drug-likeness (QED) is 0.566. The molecule has 2 nitrogen and oxygen atoms in total. The summed E-state index contributed by atoms with van der Waals surface area (Å²) in [5.74, 6) is 0.315. The summed E-state index contributed by atoms with van der Waals surface area (Å²) in [6, 6.07) is 4.10. The second-order valence-electron chi connectivity index (χ2n) is 2.94. The van der Waals surface area contributed by atoms with E-state index in [4.69, 9.17) is 0 Å². The van der Waals surface area contributed by atoms with Gasteiger partial charge in [-0.05, 0) is 12.1 Å². The van der Waals surface area contributed by atoms with Gasteiger partial charge in [-0.1, -0.05) is 6.92 Å². The maximum atomic E-state index is 9.39. The summed E-state index contributed by atoms with van der Waals surface area (Å²) in [4.78, 5) is 0. The van der Waals surface area contributed by atoms with E-state index in [0.717, 1.165) is 6.54 Å². The largest absolute Gasteiger partial charge is 0.391 e. The summed E-state index contributed by atoms with van der Waals surface area (Å²) in [5, 5.41) is 9.39. The van der Waals surface area contributed by atoms with Crippen LogP contribution in [-0.4, -0.2) is 15.8 Å². The van der Waals surface area contributed by atoms with Crippen LogP contribution in [0.3, 0.4) is 0 Å². The minimum absolute atomic E-state index is 0.170. The molecule has 0 bridgehead atoms. The Morgan fingerprint density at radius 2 is 2.50 bits per heavy atom. The van der Waals surface area contributed by atoms with E-state index in [0.29, 0.717) is 5.92 Å². The second kappa shape index (κ2) is 1.86. The van der Waals surface area contributed by atoms with E-state index in [2.05, 4.69) is 17.6 Å². The molecule has 0 aromatic carbocycles. The summed E-state index contributed by atoms with van der Waals surface area (Å²) in [5.41, 5.74) is 1.26. The highest BCUT2D eigenvalue weighted by molar-refractivity contribution is 5.17. The molecule has 0 aliphatic carbocycles. The van der Waals surface area contributed by atoms with E-state index in [1.54, 1.807) is 0 Å². The van der Waals surface area contributed by atoms with E-state index < -0.39 is 0 Å². The molecular weight excluding hydrogens is 126 g/mol. The monoisotopic (exact) mass is 137 g/mol. The predicted octanol–water partition coefficient (Wildman–Crippen LogP) is 0.966. The van der Waals surface area contributed by atoms with Gasteiger partial charge in [0.2, 0.25) is 0 Å². The van der Waals surface area contributed by atoms with Crippen LogP contribution in [0, 0.1) is 0 Å². The molecule has 1 aliphatic rings. The number of hydrogen-bond acceptors (Lipinski definition) is 1. The molecule has 1 aliphatic heterocycles. The van der Waals surface area contributed by atoms with Gasteiger partial charge in [0.15, 0.2) is 0 Å². The fourth-order valence-electron chi connectivity index (χ4n) is 1.56. The fraction of sp³-hybridized carbons (Fsp3) is 0.500. The van der Waals surface area contributed by atoms with Gasteiger partial charge in [-0.3, -0.25) is 0 Å². The van der Waals surface area contributed by atoms with Gasteiger partial charge >= 0.3 is 0 Å². The van der Waals surface area contributed by atoms with Crippen LogP contribution in [0.2, 0.25) is 0 Å². The van der Waals surface area contributed by atoms with Crippen LogP contribution in [0.15, 0.2) is 18.3 Å². The minimum Gasteiger partial charge on any atom is -0.391 e. The van der Waals surface area contributed by atoms with Crippen molar-refractivity contribution < 1.29 is 5.11 Å². The van der Waals surface area contributed by atoms with Crippen molar-refractivity contribution in [3.63, 3.8) is 0 Å². The first-order chi connectivity index (χ1) is 4.79. The summed E-state index contributed by atoms with van der Waals surface area (Å²) in [6.07, 6.45) is 1.85. The highest BCUT2D eigenvalue weighted by atomic mass is 16.3. The molecule has 0 radical (unpaired) electrons. The Balaban J connectivity index is 2.43. The molecule has 1 N–H and O–H groups in total. The van der Waals surface area contributed by atoms with Crippen molar-refractivity contribution in [2.24, 2.45) is 0 Å². The van der Waals surface area contributed by atoms with Crippen LogP contribution >= 0.6 is 0 Å².